The second-order valence-electron chi connectivity index (χ2n) is 8.44. The summed E-state index contributed by atoms with van der Waals surface area (Å²) >= 11 is 0. The van der Waals surface area contributed by atoms with Crippen LogP contribution in [-0.4, -0.2) is 39.5 Å². The Balaban J connectivity index is 2.28. The molecular formula is C25H32N4O3. The summed E-state index contributed by atoms with van der Waals surface area (Å²) in [6, 6.07) is 17.5. The molecule has 2 rings (SSSR count). The molecule has 32 heavy (non-hydrogen) atoms. The molecule has 2 aromatic rings. The van der Waals surface area contributed by atoms with Gasteiger partial charge >= 0.3 is 11.7 Å². The number of amides is 1. The van der Waals surface area contributed by atoms with Gasteiger partial charge in [-0.05, 0) is 36.5 Å². The summed E-state index contributed by atoms with van der Waals surface area (Å²) < 4.78 is 5.67. The molecular weight excluding hydrogens is 404 g/mol. The summed E-state index contributed by atoms with van der Waals surface area (Å²) in [6.07, 6.45) is -0.326. The van der Waals surface area contributed by atoms with Crippen LogP contribution in [-0.2, 0) is 16.1 Å². The van der Waals surface area contributed by atoms with Gasteiger partial charge in [-0.2, -0.15) is 4.79 Å². The zero-order chi connectivity index (χ0) is 23.7. The number of rotatable bonds is 10. The second-order valence-corrected chi connectivity index (χ2v) is 8.44. The van der Waals surface area contributed by atoms with Crippen molar-refractivity contribution in [2.75, 3.05) is 0 Å². The summed E-state index contributed by atoms with van der Waals surface area (Å²) in [4.78, 5) is 29.0. The Morgan fingerprint density at radius 2 is 1.47 bits per heavy atom. The van der Waals surface area contributed by atoms with E-state index in [0.29, 0.717) is 12.1 Å². The minimum Gasteiger partial charge on any atom is -0.453 e. The van der Waals surface area contributed by atoms with Crippen molar-refractivity contribution in [2.45, 2.75) is 53.3 Å². The highest BCUT2D eigenvalue weighted by Crippen LogP contribution is 2.17. The lowest BCUT2D eigenvalue weighted by molar-refractivity contribution is -0.151. The van der Waals surface area contributed by atoms with Crippen molar-refractivity contribution in [1.29, 1.82) is 0 Å². The van der Waals surface area contributed by atoms with E-state index in [-0.39, 0.29) is 29.6 Å². The van der Waals surface area contributed by atoms with Gasteiger partial charge < -0.3 is 10.3 Å². The number of ether oxygens (including phenoxy) is 1. The number of hydrogen-bond donors (Lipinski definition) is 1. The molecule has 1 amide bonds. The molecule has 7 nitrogen and oxygen atoms in total. The molecule has 0 fully saturated rings. The number of carbonyl (C=O) groups is 2. The molecule has 2 aromatic carbocycles. The van der Waals surface area contributed by atoms with Crippen molar-refractivity contribution >= 4 is 17.6 Å². The number of benzene rings is 2. The summed E-state index contributed by atoms with van der Waals surface area (Å²) in [7, 11) is 0. The number of hydrazine groups is 1. The van der Waals surface area contributed by atoms with E-state index in [0.717, 1.165) is 5.56 Å². The molecule has 1 atom stereocenters. The van der Waals surface area contributed by atoms with Crippen LogP contribution in [0.25, 0.3) is 5.53 Å². The van der Waals surface area contributed by atoms with Crippen molar-refractivity contribution in [3.05, 3.63) is 77.3 Å². The van der Waals surface area contributed by atoms with Gasteiger partial charge in [0.15, 0.2) is 0 Å². The topological polar surface area (TPSA) is 95.0 Å². The van der Waals surface area contributed by atoms with Gasteiger partial charge in [-0.25, -0.2) is 9.80 Å². The lowest BCUT2D eigenvalue weighted by Crippen LogP contribution is -2.52. The molecule has 0 aliphatic heterocycles. The molecule has 7 heteroatoms. The summed E-state index contributed by atoms with van der Waals surface area (Å²) in [5.74, 6) is -0.833. The summed E-state index contributed by atoms with van der Waals surface area (Å²) in [5, 5.41) is 1.57. The molecule has 0 aliphatic carbocycles. The quantitative estimate of drug-likeness (QED) is 0.199. The van der Waals surface area contributed by atoms with E-state index in [1.807, 2.05) is 64.1 Å². The van der Waals surface area contributed by atoms with Gasteiger partial charge in [0.2, 0.25) is 0 Å². The van der Waals surface area contributed by atoms with E-state index in [1.54, 1.807) is 36.2 Å². The smallest absolute Gasteiger partial charge is 0.419 e. The van der Waals surface area contributed by atoms with Gasteiger partial charge in [0.25, 0.3) is 5.91 Å². The third-order valence-corrected chi connectivity index (χ3v) is 5.21. The molecule has 0 spiro atoms. The van der Waals surface area contributed by atoms with Crippen LogP contribution in [0.2, 0.25) is 0 Å². The molecule has 1 unspecified atom stereocenters. The number of hydrogen-bond acceptors (Lipinski definition) is 4. The molecule has 0 saturated heterocycles. The molecule has 0 heterocycles. The van der Waals surface area contributed by atoms with Crippen LogP contribution in [0.3, 0.4) is 0 Å². The molecule has 0 saturated carbocycles. The van der Waals surface area contributed by atoms with Crippen molar-refractivity contribution in [3.8, 4) is 0 Å². The number of nitrogens with one attached hydrogen (secondary N) is 1. The van der Waals surface area contributed by atoms with Crippen LogP contribution in [0.5, 0.6) is 0 Å². The SMILES string of the molecule is CC(C)C(OC(=O)C(=[N+]=[N-])C(C)N(Cc1ccccc1)NC(=O)c1ccccc1)C(C)C. The first-order valence-corrected chi connectivity index (χ1v) is 10.8. The fourth-order valence-electron chi connectivity index (χ4n) is 3.51. The Morgan fingerprint density at radius 1 is 0.938 bits per heavy atom. The van der Waals surface area contributed by atoms with Crippen LogP contribution < -0.4 is 5.43 Å². The van der Waals surface area contributed by atoms with Gasteiger partial charge in [0.05, 0.1) is 0 Å². The highest BCUT2D eigenvalue weighted by molar-refractivity contribution is 6.35. The average Bonchev–Trinajstić information content (AvgIpc) is 2.78. The minimum atomic E-state index is -0.750. The van der Waals surface area contributed by atoms with Crippen molar-refractivity contribution < 1.29 is 19.1 Å². The van der Waals surface area contributed by atoms with Crippen molar-refractivity contribution in [2.24, 2.45) is 11.8 Å². The standard InChI is InChI=1S/C25H32N4O3/c1-17(2)23(18(3)4)32-25(31)22(27-26)19(5)29(16-20-12-8-6-9-13-20)28-24(30)21-14-10-7-11-15-21/h6-15,17-19,23H,16H2,1-5H3,(H,28,30). The van der Waals surface area contributed by atoms with Crippen LogP contribution in [0, 0.1) is 11.8 Å². The number of nitrogens with zero attached hydrogens (tertiary/aromatic N) is 3. The zero-order valence-electron chi connectivity index (χ0n) is 19.4. The Kier molecular flexibility index (Phi) is 9.32. The molecule has 0 bridgehead atoms. The number of esters is 1. The van der Waals surface area contributed by atoms with E-state index < -0.39 is 12.0 Å². The van der Waals surface area contributed by atoms with E-state index in [2.05, 4.69) is 10.2 Å². The fourth-order valence-corrected chi connectivity index (χ4v) is 3.51. The van der Waals surface area contributed by atoms with Crippen molar-refractivity contribution in [3.63, 3.8) is 0 Å². The van der Waals surface area contributed by atoms with Gasteiger partial charge in [-0.1, -0.05) is 76.2 Å². The largest absolute Gasteiger partial charge is 0.453 e. The van der Waals surface area contributed by atoms with Gasteiger partial charge in [0, 0.05) is 12.1 Å². The first kappa shape index (κ1) is 25.0. The Morgan fingerprint density at radius 3 is 1.97 bits per heavy atom. The van der Waals surface area contributed by atoms with E-state index in [1.165, 1.54) is 0 Å². The lowest BCUT2D eigenvalue weighted by atomic mass is 9.96. The molecule has 1 N–H and O–H groups in total. The van der Waals surface area contributed by atoms with Crippen LogP contribution in [0.15, 0.2) is 60.7 Å². The van der Waals surface area contributed by atoms with E-state index in [4.69, 9.17) is 4.74 Å². The summed E-state index contributed by atoms with van der Waals surface area (Å²) in [5.41, 5.74) is 13.7. The molecule has 170 valence electrons. The van der Waals surface area contributed by atoms with Gasteiger partial charge in [-0.15, -0.1) is 0 Å². The van der Waals surface area contributed by atoms with Crippen LogP contribution >= 0.6 is 0 Å². The average molecular weight is 437 g/mol. The van der Waals surface area contributed by atoms with Crippen LogP contribution in [0.1, 0.15) is 50.5 Å². The highest BCUT2D eigenvalue weighted by atomic mass is 16.5. The van der Waals surface area contributed by atoms with Gasteiger partial charge in [-0.3, -0.25) is 10.2 Å². The first-order valence-electron chi connectivity index (χ1n) is 10.8. The van der Waals surface area contributed by atoms with E-state index in [9.17, 15) is 15.1 Å². The third-order valence-electron chi connectivity index (χ3n) is 5.21. The minimum absolute atomic E-state index is 0.104. The van der Waals surface area contributed by atoms with Crippen molar-refractivity contribution in [1.82, 2.24) is 10.4 Å². The molecule has 0 aromatic heterocycles. The highest BCUT2D eigenvalue weighted by Gasteiger charge is 2.37. The Bertz CT molecular complexity index is 930. The predicted molar refractivity (Wildman–Crippen MR) is 124 cm³/mol. The lowest BCUT2D eigenvalue weighted by Gasteiger charge is -2.28. The maximum absolute atomic E-state index is 12.9. The third kappa shape index (κ3) is 6.87. The number of carbonyl (C=O) groups excluding carboxylic acids is 2. The Hall–Kier alpha value is -3.28. The first-order chi connectivity index (χ1) is 15.2. The molecule has 0 aliphatic rings. The zero-order valence-corrected chi connectivity index (χ0v) is 19.4. The fraction of sp³-hybridized carbons (Fsp3) is 0.400. The monoisotopic (exact) mass is 436 g/mol. The van der Waals surface area contributed by atoms with Crippen LogP contribution in [0.4, 0.5) is 0 Å². The Labute approximate surface area is 190 Å². The second kappa shape index (κ2) is 11.9. The maximum Gasteiger partial charge on any atom is 0.419 e. The predicted octanol–water partition coefficient (Wildman–Crippen LogP) is 4.12. The molecule has 0 radical (unpaired) electrons. The normalized spacial score (nSPS) is 12.0. The van der Waals surface area contributed by atoms with E-state index >= 15 is 0 Å². The summed E-state index contributed by atoms with van der Waals surface area (Å²) in [6.45, 7) is 9.87. The maximum atomic E-state index is 12.9. The van der Waals surface area contributed by atoms with Gasteiger partial charge in [0.1, 0.15) is 12.1 Å².